The quantitative estimate of drug-likeness (QED) is 0.868. The number of rotatable bonds is 2. The van der Waals surface area contributed by atoms with E-state index in [0.29, 0.717) is 5.88 Å². The number of likely N-dealkylation sites (N-methyl/N-ethyl adjacent to an activating group) is 1. The lowest BCUT2D eigenvalue weighted by molar-refractivity contribution is 0.436. The van der Waals surface area contributed by atoms with Crippen molar-refractivity contribution in [1.82, 2.24) is 10.1 Å². The van der Waals surface area contributed by atoms with E-state index < -0.39 is 0 Å². The molecule has 0 radical (unpaired) electrons. The third kappa shape index (κ3) is 1.73. The lowest BCUT2D eigenvalue weighted by Crippen LogP contribution is -2.23. The van der Waals surface area contributed by atoms with Gasteiger partial charge in [-0.3, -0.25) is 4.99 Å². The summed E-state index contributed by atoms with van der Waals surface area (Å²) in [5.41, 5.74) is 8.63. The zero-order chi connectivity index (χ0) is 12.5. The molecular formula is C13H14N4O. The summed E-state index contributed by atoms with van der Waals surface area (Å²) in [5, 5.41) is 3.68. The number of nitrogens with zero attached hydrogens (tertiary/aromatic N) is 3. The molecule has 0 spiro atoms. The first-order valence-corrected chi connectivity index (χ1v) is 5.82. The van der Waals surface area contributed by atoms with Gasteiger partial charge < -0.3 is 15.2 Å². The van der Waals surface area contributed by atoms with E-state index in [1.807, 2.05) is 24.3 Å². The standard InChI is InChI=1S/C13H14N4O/c1-17-7-6-15-13(17)10-4-2-9(3-5-10)11-8-16-18-12(11)14/h2-5,8H,6-7,14H2,1H3. The largest absolute Gasteiger partial charge is 0.367 e. The lowest BCUT2D eigenvalue weighted by atomic mass is 10.1. The van der Waals surface area contributed by atoms with Crippen molar-refractivity contribution in [2.24, 2.45) is 4.99 Å². The summed E-state index contributed by atoms with van der Waals surface area (Å²) in [4.78, 5) is 6.64. The van der Waals surface area contributed by atoms with E-state index in [0.717, 1.165) is 35.6 Å². The van der Waals surface area contributed by atoms with Crippen LogP contribution in [0, 0.1) is 0 Å². The maximum absolute atomic E-state index is 5.69. The molecule has 0 saturated carbocycles. The van der Waals surface area contributed by atoms with Crippen LogP contribution in [0.25, 0.3) is 11.1 Å². The average molecular weight is 242 g/mol. The van der Waals surface area contributed by atoms with Crippen molar-refractivity contribution in [1.29, 1.82) is 0 Å². The number of nitrogen functional groups attached to an aromatic ring is 1. The molecule has 2 heterocycles. The van der Waals surface area contributed by atoms with Gasteiger partial charge in [-0.15, -0.1) is 0 Å². The van der Waals surface area contributed by atoms with Crippen LogP contribution in [0.2, 0.25) is 0 Å². The molecule has 1 aliphatic rings. The van der Waals surface area contributed by atoms with Crippen LogP contribution in [0.1, 0.15) is 5.56 Å². The topological polar surface area (TPSA) is 67.7 Å². The zero-order valence-corrected chi connectivity index (χ0v) is 10.1. The van der Waals surface area contributed by atoms with E-state index in [-0.39, 0.29) is 0 Å². The van der Waals surface area contributed by atoms with Crippen LogP contribution in [0.3, 0.4) is 0 Å². The average Bonchev–Trinajstić information content (AvgIpc) is 2.98. The number of aliphatic imine (C=N–C) groups is 1. The Morgan fingerprint density at radius 3 is 2.50 bits per heavy atom. The van der Waals surface area contributed by atoms with Gasteiger partial charge in [0.05, 0.1) is 18.3 Å². The van der Waals surface area contributed by atoms with Gasteiger partial charge in [0, 0.05) is 19.2 Å². The molecule has 18 heavy (non-hydrogen) atoms. The summed E-state index contributed by atoms with van der Waals surface area (Å²) >= 11 is 0. The normalized spacial score (nSPS) is 14.9. The minimum absolute atomic E-state index is 0.345. The molecule has 1 aromatic heterocycles. The van der Waals surface area contributed by atoms with Crippen LogP contribution in [0.15, 0.2) is 40.0 Å². The molecule has 0 atom stereocenters. The molecule has 3 rings (SSSR count). The second-order valence-electron chi connectivity index (χ2n) is 4.31. The van der Waals surface area contributed by atoms with Crippen LogP contribution in [-0.2, 0) is 0 Å². The SMILES string of the molecule is CN1CCN=C1c1ccc(-c2cnoc2N)cc1. The fraction of sp³-hybridized carbons (Fsp3) is 0.231. The molecule has 1 aliphatic heterocycles. The highest BCUT2D eigenvalue weighted by molar-refractivity contribution is 6.00. The van der Waals surface area contributed by atoms with Gasteiger partial charge in [0.25, 0.3) is 0 Å². The molecule has 0 aliphatic carbocycles. The van der Waals surface area contributed by atoms with Crippen LogP contribution in [0.4, 0.5) is 5.88 Å². The molecule has 1 aromatic carbocycles. The van der Waals surface area contributed by atoms with Crippen LogP contribution in [0.5, 0.6) is 0 Å². The van der Waals surface area contributed by atoms with Gasteiger partial charge in [0.1, 0.15) is 5.84 Å². The third-order valence-corrected chi connectivity index (χ3v) is 3.11. The van der Waals surface area contributed by atoms with Crippen molar-refractivity contribution in [2.45, 2.75) is 0 Å². The van der Waals surface area contributed by atoms with Crippen LogP contribution in [-0.4, -0.2) is 36.0 Å². The number of hydrogen-bond donors (Lipinski definition) is 1. The molecule has 5 nitrogen and oxygen atoms in total. The van der Waals surface area contributed by atoms with Crippen LogP contribution >= 0.6 is 0 Å². The van der Waals surface area contributed by atoms with Gasteiger partial charge >= 0.3 is 0 Å². The minimum Gasteiger partial charge on any atom is -0.367 e. The van der Waals surface area contributed by atoms with E-state index in [2.05, 4.69) is 22.1 Å². The molecule has 0 amide bonds. The third-order valence-electron chi connectivity index (χ3n) is 3.11. The highest BCUT2D eigenvalue weighted by Gasteiger charge is 2.14. The predicted molar refractivity (Wildman–Crippen MR) is 70.4 cm³/mol. The monoisotopic (exact) mass is 242 g/mol. The van der Waals surface area contributed by atoms with Crippen molar-refractivity contribution in [2.75, 3.05) is 25.9 Å². The Kier molecular flexibility index (Phi) is 2.51. The van der Waals surface area contributed by atoms with Gasteiger partial charge in [-0.25, -0.2) is 0 Å². The maximum Gasteiger partial charge on any atom is 0.229 e. The minimum atomic E-state index is 0.345. The lowest BCUT2D eigenvalue weighted by Gasteiger charge is -2.13. The van der Waals surface area contributed by atoms with Crippen LogP contribution < -0.4 is 5.73 Å². The summed E-state index contributed by atoms with van der Waals surface area (Å²) < 4.78 is 4.86. The van der Waals surface area contributed by atoms with Gasteiger partial charge in [-0.1, -0.05) is 29.4 Å². The first-order valence-electron chi connectivity index (χ1n) is 5.82. The van der Waals surface area contributed by atoms with Gasteiger partial charge in [-0.05, 0) is 5.56 Å². The number of anilines is 1. The Balaban J connectivity index is 1.92. The van der Waals surface area contributed by atoms with Crippen molar-refractivity contribution in [3.05, 3.63) is 36.0 Å². The highest BCUT2D eigenvalue weighted by Crippen LogP contribution is 2.25. The smallest absolute Gasteiger partial charge is 0.229 e. The Morgan fingerprint density at radius 2 is 1.94 bits per heavy atom. The van der Waals surface area contributed by atoms with Crippen molar-refractivity contribution in [3.63, 3.8) is 0 Å². The summed E-state index contributed by atoms with van der Waals surface area (Å²) in [6.07, 6.45) is 1.63. The second kappa shape index (κ2) is 4.18. The number of aromatic nitrogens is 1. The zero-order valence-electron chi connectivity index (χ0n) is 10.1. The van der Waals surface area contributed by atoms with Gasteiger partial charge in [0.2, 0.25) is 5.88 Å². The van der Waals surface area contributed by atoms with E-state index in [1.54, 1.807) is 6.20 Å². The van der Waals surface area contributed by atoms with E-state index in [4.69, 9.17) is 10.3 Å². The Hall–Kier alpha value is -2.30. The number of amidine groups is 1. The molecule has 5 heteroatoms. The molecule has 0 unspecified atom stereocenters. The first kappa shape index (κ1) is 10.8. The van der Waals surface area contributed by atoms with Crippen molar-refractivity contribution in [3.8, 4) is 11.1 Å². The van der Waals surface area contributed by atoms with Gasteiger partial charge in [-0.2, -0.15) is 0 Å². The van der Waals surface area contributed by atoms with E-state index >= 15 is 0 Å². The molecule has 0 saturated heterocycles. The highest BCUT2D eigenvalue weighted by atomic mass is 16.5. The molecule has 92 valence electrons. The van der Waals surface area contributed by atoms with E-state index in [1.165, 1.54) is 0 Å². The summed E-state index contributed by atoms with van der Waals surface area (Å²) in [5.74, 6) is 1.39. The number of benzene rings is 1. The number of hydrogen-bond acceptors (Lipinski definition) is 5. The first-order chi connectivity index (χ1) is 8.75. The Morgan fingerprint density at radius 1 is 1.22 bits per heavy atom. The second-order valence-corrected chi connectivity index (χ2v) is 4.31. The fourth-order valence-corrected chi connectivity index (χ4v) is 2.11. The molecule has 2 aromatic rings. The predicted octanol–water partition coefficient (Wildman–Crippen LogP) is 1.62. The molecule has 0 bridgehead atoms. The van der Waals surface area contributed by atoms with E-state index in [9.17, 15) is 0 Å². The van der Waals surface area contributed by atoms with Gasteiger partial charge in [0.15, 0.2) is 0 Å². The van der Waals surface area contributed by atoms with Crippen molar-refractivity contribution >= 4 is 11.7 Å². The Bertz CT molecular complexity index is 585. The molecular weight excluding hydrogens is 228 g/mol. The molecule has 0 fully saturated rings. The number of nitrogens with two attached hydrogens (primary N) is 1. The Labute approximate surface area is 105 Å². The fourth-order valence-electron chi connectivity index (χ4n) is 2.11. The summed E-state index contributed by atoms with van der Waals surface area (Å²) in [6.45, 7) is 1.85. The summed E-state index contributed by atoms with van der Waals surface area (Å²) in [6, 6.07) is 8.10. The molecule has 2 N–H and O–H groups in total. The van der Waals surface area contributed by atoms with Crippen molar-refractivity contribution < 1.29 is 4.52 Å². The maximum atomic E-state index is 5.69. The summed E-state index contributed by atoms with van der Waals surface area (Å²) in [7, 11) is 2.05.